The maximum Gasteiger partial charge on any atom is 0.408 e. The van der Waals surface area contributed by atoms with Crippen molar-refractivity contribution in [2.45, 2.75) is 92.2 Å². The van der Waals surface area contributed by atoms with Gasteiger partial charge in [-0.05, 0) is 64.2 Å². The van der Waals surface area contributed by atoms with Crippen molar-refractivity contribution in [3.63, 3.8) is 0 Å². The van der Waals surface area contributed by atoms with Crippen LogP contribution in [0.15, 0.2) is 18.2 Å². The van der Waals surface area contributed by atoms with Gasteiger partial charge in [-0.15, -0.1) is 0 Å². The molecular formula is C26H43N3O4. The SMILES string of the molecule is CCCCCNC(=O)C(c1ccc(C)c(C)c1)N(CCCC)C(=O)CNC(=O)OC(C)(C)C. The van der Waals surface area contributed by atoms with Crippen molar-refractivity contribution in [3.8, 4) is 0 Å². The zero-order chi connectivity index (χ0) is 25.0. The van der Waals surface area contributed by atoms with Crippen LogP contribution in [0.4, 0.5) is 4.79 Å². The molecule has 0 radical (unpaired) electrons. The number of nitrogens with one attached hydrogen (secondary N) is 2. The molecular weight excluding hydrogens is 418 g/mol. The molecule has 0 aromatic heterocycles. The number of benzene rings is 1. The van der Waals surface area contributed by atoms with Crippen LogP contribution in [0.2, 0.25) is 0 Å². The van der Waals surface area contributed by atoms with Crippen LogP contribution >= 0.6 is 0 Å². The minimum absolute atomic E-state index is 0.198. The molecule has 7 heteroatoms. The number of nitrogens with zero attached hydrogens (tertiary/aromatic N) is 1. The summed E-state index contributed by atoms with van der Waals surface area (Å²) in [5, 5.41) is 5.55. The van der Waals surface area contributed by atoms with Crippen LogP contribution in [0, 0.1) is 13.8 Å². The number of aryl methyl sites for hydroxylation is 2. The number of hydrogen-bond donors (Lipinski definition) is 2. The van der Waals surface area contributed by atoms with Gasteiger partial charge in [0.25, 0.3) is 0 Å². The average Bonchev–Trinajstić information content (AvgIpc) is 2.73. The molecule has 0 bridgehead atoms. The van der Waals surface area contributed by atoms with Crippen molar-refractivity contribution in [2.75, 3.05) is 19.6 Å². The topological polar surface area (TPSA) is 87.7 Å². The van der Waals surface area contributed by atoms with Crippen LogP contribution in [0.3, 0.4) is 0 Å². The van der Waals surface area contributed by atoms with E-state index in [1.807, 2.05) is 39.0 Å². The summed E-state index contributed by atoms with van der Waals surface area (Å²) in [4.78, 5) is 40.2. The smallest absolute Gasteiger partial charge is 0.408 e. The Bertz CT molecular complexity index is 786. The first-order valence-corrected chi connectivity index (χ1v) is 12.1. The predicted octanol–water partition coefficient (Wildman–Crippen LogP) is 4.80. The molecule has 0 saturated carbocycles. The highest BCUT2D eigenvalue weighted by molar-refractivity contribution is 5.90. The third kappa shape index (κ3) is 10.3. The summed E-state index contributed by atoms with van der Waals surface area (Å²) in [5.41, 5.74) is 2.30. The Kier molecular flexibility index (Phi) is 12.0. The molecule has 0 aliphatic rings. The number of alkyl carbamates (subject to hydrolysis) is 1. The van der Waals surface area contributed by atoms with Crippen LogP contribution in [-0.4, -0.2) is 48.0 Å². The van der Waals surface area contributed by atoms with E-state index in [4.69, 9.17) is 4.74 Å². The third-order valence-electron chi connectivity index (χ3n) is 5.34. The zero-order valence-corrected chi connectivity index (χ0v) is 21.5. The summed E-state index contributed by atoms with van der Waals surface area (Å²) in [6.07, 6.45) is 3.97. The normalized spacial score (nSPS) is 12.1. The van der Waals surface area contributed by atoms with Crippen molar-refractivity contribution < 1.29 is 19.1 Å². The molecule has 7 nitrogen and oxygen atoms in total. The van der Waals surface area contributed by atoms with E-state index in [0.29, 0.717) is 13.1 Å². The average molecular weight is 462 g/mol. The second kappa shape index (κ2) is 13.9. The number of rotatable bonds is 12. The monoisotopic (exact) mass is 461 g/mol. The molecule has 0 saturated heterocycles. The minimum atomic E-state index is -0.759. The van der Waals surface area contributed by atoms with Crippen LogP contribution < -0.4 is 10.6 Å². The van der Waals surface area contributed by atoms with Gasteiger partial charge in [0.05, 0.1) is 0 Å². The quantitative estimate of drug-likeness (QED) is 0.438. The molecule has 0 heterocycles. The van der Waals surface area contributed by atoms with Gasteiger partial charge in [-0.1, -0.05) is 51.3 Å². The van der Waals surface area contributed by atoms with E-state index in [1.165, 1.54) is 0 Å². The van der Waals surface area contributed by atoms with Gasteiger partial charge in [-0.2, -0.15) is 0 Å². The van der Waals surface area contributed by atoms with Gasteiger partial charge in [0.1, 0.15) is 18.2 Å². The Labute approximate surface area is 199 Å². The first-order valence-electron chi connectivity index (χ1n) is 12.1. The van der Waals surface area contributed by atoms with E-state index in [1.54, 1.807) is 25.7 Å². The van der Waals surface area contributed by atoms with Crippen molar-refractivity contribution in [3.05, 3.63) is 34.9 Å². The maximum absolute atomic E-state index is 13.3. The summed E-state index contributed by atoms with van der Waals surface area (Å²) in [6.45, 7) is 14.2. The largest absolute Gasteiger partial charge is 0.444 e. The highest BCUT2D eigenvalue weighted by Crippen LogP contribution is 2.24. The molecule has 33 heavy (non-hydrogen) atoms. The van der Waals surface area contributed by atoms with E-state index < -0.39 is 17.7 Å². The summed E-state index contributed by atoms with van der Waals surface area (Å²) in [7, 11) is 0. The fourth-order valence-electron chi connectivity index (χ4n) is 3.38. The van der Waals surface area contributed by atoms with E-state index >= 15 is 0 Å². The van der Waals surface area contributed by atoms with E-state index in [2.05, 4.69) is 17.6 Å². The molecule has 2 N–H and O–H groups in total. The molecule has 1 aromatic carbocycles. The highest BCUT2D eigenvalue weighted by Gasteiger charge is 2.31. The molecule has 186 valence electrons. The van der Waals surface area contributed by atoms with Gasteiger partial charge in [-0.25, -0.2) is 4.79 Å². The molecule has 0 fully saturated rings. The lowest BCUT2D eigenvalue weighted by molar-refractivity contribution is -0.140. The van der Waals surface area contributed by atoms with Crippen LogP contribution in [0.25, 0.3) is 0 Å². The fraction of sp³-hybridized carbons (Fsp3) is 0.654. The Balaban J connectivity index is 3.15. The Hall–Kier alpha value is -2.57. The number of carbonyl (C=O) groups excluding carboxylic acids is 3. The van der Waals surface area contributed by atoms with Gasteiger partial charge < -0.3 is 20.3 Å². The van der Waals surface area contributed by atoms with Gasteiger partial charge in [0.2, 0.25) is 11.8 Å². The van der Waals surface area contributed by atoms with Gasteiger partial charge in [-0.3, -0.25) is 9.59 Å². The van der Waals surface area contributed by atoms with Gasteiger partial charge in [0, 0.05) is 13.1 Å². The number of unbranched alkanes of at least 4 members (excludes halogenated alkanes) is 3. The lowest BCUT2D eigenvalue weighted by atomic mass is 9.98. The molecule has 1 rings (SSSR count). The molecule has 1 aromatic rings. The van der Waals surface area contributed by atoms with E-state index in [-0.39, 0.29) is 18.4 Å². The first kappa shape index (κ1) is 28.5. The maximum atomic E-state index is 13.3. The van der Waals surface area contributed by atoms with E-state index in [9.17, 15) is 14.4 Å². The first-order chi connectivity index (χ1) is 15.5. The Morgan fingerprint density at radius 2 is 1.64 bits per heavy atom. The van der Waals surface area contributed by atoms with Crippen molar-refractivity contribution in [2.24, 2.45) is 0 Å². The van der Waals surface area contributed by atoms with Gasteiger partial charge in [0.15, 0.2) is 0 Å². The van der Waals surface area contributed by atoms with Crippen molar-refractivity contribution in [1.29, 1.82) is 0 Å². The van der Waals surface area contributed by atoms with Crippen LogP contribution in [0.5, 0.6) is 0 Å². The van der Waals surface area contributed by atoms with Gasteiger partial charge >= 0.3 is 6.09 Å². The summed E-state index contributed by atoms with van der Waals surface area (Å²) in [6, 6.07) is 5.10. The predicted molar refractivity (Wildman–Crippen MR) is 132 cm³/mol. The van der Waals surface area contributed by atoms with Crippen molar-refractivity contribution in [1.82, 2.24) is 15.5 Å². The van der Waals surface area contributed by atoms with Crippen LogP contribution in [0.1, 0.15) is 89.5 Å². The molecule has 1 atom stereocenters. The van der Waals surface area contributed by atoms with Crippen LogP contribution in [-0.2, 0) is 14.3 Å². The fourth-order valence-corrected chi connectivity index (χ4v) is 3.38. The molecule has 3 amide bonds. The molecule has 1 unspecified atom stereocenters. The van der Waals surface area contributed by atoms with E-state index in [0.717, 1.165) is 48.8 Å². The Morgan fingerprint density at radius 1 is 0.970 bits per heavy atom. The summed E-state index contributed by atoms with van der Waals surface area (Å²) >= 11 is 0. The molecule has 0 spiro atoms. The zero-order valence-electron chi connectivity index (χ0n) is 21.5. The second-order valence-corrected chi connectivity index (χ2v) is 9.54. The molecule has 0 aliphatic heterocycles. The lowest BCUT2D eigenvalue weighted by Crippen LogP contribution is -2.48. The number of ether oxygens (including phenoxy) is 1. The molecule has 0 aliphatic carbocycles. The Morgan fingerprint density at radius 3 is 2.21 bits per heavy atom. The lowest BCUT2D eigenvalue weighted by Gasteiger charge is -2.32. The highest BCUT2D eigenvalue weighted by atomic mass is 16.6. The standard InChI is InChI=1S/C26H43N3O4/c1-8-10-12-15-27-24(31)23(21-14-13-19(3)20(4)17-21)29(16-11-9-2)22(30)18-28-25(32)33-26(5,6)7/h13-14,17,23H,8-12,15-16,18H2,1-7H3,(H,27,31)(H,28,32). The number of hydrogen-bond acceptors (Lipinski definition) is 4. The minimum Gasteiger partial charge on any atom is -0.444 e. The summed E-state index contributed by atoms with van der Waals surface area (Å²) < 4.78 is 5.25. The second-order valence-electron chi connectivity index (χ2n) is 9.54. The number of amides is 3. The third-order valence-corrected chi connectivity index (χ3v) is 5.34. The summed E-state index contributed by atoms with van der Waals surface area (Å²) in [5.74, 6) is -0.516. The number of carbonyl (C=O) groups is 3. The van der Waals surface area contributed by atoms with Crippen molar-refractivity contribution >= 4 is 17.9 Å².